The Morgan fingerprint density at radius 2 is 1.71 bits per heavy atom. The number of fused-ring (bicyclic) bond motifs is 1. The van der Waals surface area contributed by atoms with Crippen molar-refractivity contribution in [2.45, 2.75) is 0 Å². The molecule has 4 heterocycles. The first-order valence-corrected chi connectivity index (χ1v) is 15.4. The Hall–Kier alpha value is -3.55. The van der Waals surface area contributed by atoms with Crippen LogP contribution in [0.25, 0.3) is 21.6 Å². The molecule has 0 aliphatic carbocycles. The van der Waals surface area contributed by atoms with E-state index < -0.39 is 0 Å². The molecular weight excluding hydrogens is 651 g/mol. The number of amides is 2. The number of anilines is 3. The van der Waals surface area contributed by atoms with Gasteiger partial charge in [0.1, 0.15) is 0 Å². The number of thiophene rings is 1. The highest BCUT2D eigenvalue weighted by atomic mass is 127. The van der Waals surface area contributed by atoms with Crippen LogP contribution < -0.4 is 15.1 Å². The Balaban J connectivity index is 1.21. The lowest BCUT2D eigenvalue weighted by Gasteiger charge is -2.36. The molecule has 2 fully saturated rings. The molecule has 41 heavy (non-hydrogen) atoms. The van der Waals surface area contributed by atoms with Gasteiger partial charge in [0.15, 0.2) is 11.6 Å². The maximum atomic E-state index is 13.7. The molecule has 210 valence electrons. The minimum Gasteiger partial charge on any atom is -0.378 e. The van der Waals surface area contributed by atoms with Crippen molar-refractivity contribution in [1.82, 2.24) is 14.9 Å². The average molecular weight is 681 g/mol. The smallest absolute Gasteiger partial charge is 0.264 e. The van der Waals surface area contributed by atoms with Crippen LogP contribution in [-0.4, -0.2) is 79.2 Å². The van der Waals surface area contributed by atoms with E-state index in [1.165, 1.54) is 17.4 Å². The normalized spacial score (nSPS) is 15.7. The van der Waals surface area contributed by atoms with E-state index in [0.717, 1.165) is 62.7 Å². The van der Waals surface area contributed by atoms with E-state index in [-0.39, 0.29) is 11.8 Å². The molecule has 0 saturated carbocycles. The maximum Gasteiger partial charge on any atom is 0.264 e. The molecule has 0 bridgehead atoms. The third kappa shape index (κ3) is 6.07. The molecule has 2 saturated heterocycles. The molecule has 0 unspecified atom stereocenters. The summed E-state index contributed by atoms with van der Waals surface area (Å²) in [6.07, 6.45) is 1.25. The van der Waals surface area contributed by atoms with Gasteiger partial charge in [-0.15, -0.1) is 11.3 Å². The monoisotopic (exact) mass is 680 g/mol. The molecule has 4 aromatic rings. The van der Waals surface area contributed by atoms with Crippen molar-refractivity contribution in [3.05, 3.63) is 75.7 Å². The second-order valence-corrected chi connectivity index (χ2v) is 12.1. The van der Waals surface area contributed by atoms with E-state index in [4.69, 9.17) is 14.7 Å². The molecule has 11 heteroatoms. The Morgan fingerprint density at radius 1 is 0.951 bits per heavy atom. The number of morpholine rings is 1. The number of nitrogens with one attached hydrogen (secondary N) is 1. The van der Waals surface area contributed by atoms with Crippen LogP contribution in [0.1, 0.15) is 9.67 Å². The number of hydrogen-bond donors (Lipinski definition) is 1. The fraction of sp³-hybridized carbons (Fsp3) is 0.267. The summed E-state index contributed by atoms with van der Waals surface area (Å²) in [6, 6.07) is 17.8. The number of aromatic nitrogens is 2. The Bertz CT molecular complexity index is 1590. The first kappa shape index (κ1) is 27.6. The minimum atomic E-state index is -0.236. The number of piperazine rings is 1. The minimum absolute atomic E-state index is 0.0267. The Labute approximate surface area is 256 Å². The lowest BCUT2D eigenvalue weighted by Crippen LogP contribution is -2.48. The van der Waals surface area contributed by atoms with E-state index in [2.05, 4.69) is 50.4 Å². The molecule has 2 aliphatic rings. The van der Waals surface area contributed by atoms with Crippen molar-refractivity contribution in [3.63, 3.8) is 0 Å². The van der Waals surface area contributed by atoms with Gasteiger partial charge in [0.2, 0.25) is 5.91 Å². The summed E-state index contributed by atoms with van der Waals surface area (Å²) < 4.78 is 7.64. The van der Waals surface area contributed by atoms with Crippen molar-refractivity contribution in [1.29, 1.82) is 0 Å². The topological polar surface area (TPSA) is 90.9 Å². The van der Waals surface area contributed by atoms with Gasteiger partial charge >= 0.3 is 0 Å². The Kier molecular flexibility index (Phi) is 8.17. The summed E-state index contributed by atoms with van der Waals surface area (Å²) in [5, 5.41) is 2.77. The molecule has 6 rings (SSSR count). The number of nitrogens with zero attached hydrogens (tertiary/aromatic N) is 5. The summed E-state index contributed by atoms with van der Waals surface area (Å²) in [6.45, 7) is 8.99. The second-order valence-electron chi connectivity index (χ2n) is 9.83. The summed E-state index contributed by atoms with van der Waals surface area (Å²) in [5.41, 5.74) is 3.54. The standard InChI is InChI=1S/C30H29IN6O3S/c1-2-26(38)32-22-6-8-23(9-7-22)35-10-12-37(13-11-35)30(39)25-19-24-27(41-25)29(36-14-16-40-17-15-36)34-28(33-24)20-4-3-5-21(31)18-20/h2-9,18-19H,1,10-17H2,(H,32,38). The predicted molar refractivity (Wildman–Crippen MR) is 172 cm³/mol. The molecule has 2 aromatic heterocycles. The zero-order valence-corrected chi connectivity index (χ0v) is 25.4. The molecule has 2 aliphatic heterocycles. The molecule has 2 amide bonds. The maximum absolute atomic E-state index is 13.7. The number of ether oxygens (including phenoxy) is 1. The van der Waals surface area contributed by atoms with E-state index in [9.17, 15) is 9.59 Å². The largest absolute Gasteiger partial charge is 0.378 e. The van der Waals surface area contributed by atoms with Gasteiger partial charge < -0.3 is 24.8 Å². The van der Waals surface area contributed by atoms with Gasteiger partial charge in [-0.1, -0.05) is 18.7 Å². The number of hydrogen-bond acceptors (Lipinski definition) is 8. The third-order valence-electron chi connectivity index (χ3n) is 7.21. The molecule has 0 atom stereocenters. The van der Waals surface area contributed by atoms with E-state index in [1.807, 2.05) is 53.4 Å². The molecule has 0 radical (unpaired) electrons. The van der Waals surface area contributed by atoms with Crippen LogP contribution in [0.3, 0.4) is 0 Å². The van der Waals surface area contributed by atoms with Crippen molar-refractivity contribution >= 4 is 73.2 Å². The van der Waals surface area contributed by atoms with Crippen molar-refractivity contribution in [3.8, 4) is 11.4 Å². The number of carbonyl (C=O) groups excluding carboxylic acids is 2. The van der Waals surface area contributed by atoms with Crippen LogP contribution in [0, 0.1) is 3.57 Å². The summed E-state index contributed by atoms with van der Waals surface area (Å²) in [4.78, 5) is 42.2. The zero-order chi connectivity index (χ0) is 28.3. The third-order valence-corrected chi connectivity index (χ3v) is 8.99. The van der Waals surface area contributed by atoms with Crippen LogP contribution in [0.5, 0.6) is 0 Å². The molecule has 1 N–H and O–H groups in total. The second kappa shape index (κ2) is 12.1. The number of benzene rings is 2. The fourth-order valence-corrected chi connectivity index (χ4v) is 6.66. The molecule has 9 nitrogen and oxygen atoms in total. The SMILES string of the molecule is C=CC(=O)Nc1ccc(N2CCN(C(=O)c3cc4nc(-c5cccc(I)c5)nc(N5CCOCC5)c4s3)CC2)cc1. The highest BCUT2D eigenvalue weighted by molar-refractivity contribution is 14.1. The van der Waals surface area contributed by atoms with Gasteiger partial charge in [-0.25, -0.2) is 9.97 Å². The van der Waals surface area contributed by atoms with Crippen LogP contribution in [0.2, 0.25) is 0 Å². The fourth-order valence-electron chi connectivity index (χ4n) is 5.04. The first-order chi connectivity index (χ1) is 20.0. The number of rotatable bonds is 6. The summed E-state index contributed by atoms with van der Waals surface area (Å²) >= 11 is 3.78. The zero-order valence-electron chi connectivity index (χ0n) is 22.4. The summed E-state index contributed by atoms with van der Waals surface area (Å²) in [5.74, 6) is 1.32. The van der Waals surface area contributed by atoms with E-state index >= 15 is 0 Å². The molecule has 2 aromatic carbocycles. The highest BCUT2D eigenvalue weighted by Crippen LogP contribution is 2.35. The highest BCUT2D eigenvalue weighted by Gasteiger charge is 2.26. The van der Waals surface area contributed by atoms with Crippen LogP contribution in [0.4, 0.5) is 17.2 Å². The van der Waals surface area contributed by atoms with E-state index in [0.29, 0.717) is 37.0 Å². The first-order valence-electron chi connectivity index (χ1n) is 13.5. The van der Waals surface area contributed by atoms with Gasteiger partial charge in [-0.3, -0.25) is 9.59 Å². The van der Waals surface area contributed by atoms with Crippen LogP contribution in [-0.2, 0) is 9.53 Å². The molecule has 0 spiro atoms. The van der Waals surface area contributed by atoms with Gasteiger partial charge in [0, 0.05) is 59.8 Å². The average Bonchev–Trinajstić information content (AvgIpc) is 3.45. The van der Waals surface area contributed by atoms with Gasteiger partial charge in [-0.05, 0) is 71.1 Å². The number of carbonyl (C=O) groups is 2. The van der Waals surface area contributed by atoms with Crippen LogP contribution >= 0.6 is 33.9 Å². The Morgan fingerprint density at radius 3 is 2.41 bits per heavy atom. The van der Waals surface area contributed by atoms with Crippen molar-refractivity contribution < 1.29 is 14.3 Å². The van der Waals surface area contributed by atoms with Gasteiger partial charge in [0.05, 0.1) is 28.3 Å². The molecular formula is C30H29IN6O3S. The number of halogens is 1. The lowest BCUT2D eigenvalue weighted by atomic mass is 10.2. The summed E-state index contributed by atoms with van der Waals surface area (Å²) in [7, 11) is 0. The quantitative estimate of drug-likeness (QED) is 0.229. The van der Waals surface area contributed by atoms with Gasteiger partial charge in [-0.2, -0.15) is 0 Å². The van der Waals surface area contributed by atoms with Crippen LogP contribution in [0.15, 0.2) is 67.3 Å². The lowest BCUT2D eigenvalue weighted by molar-refractivity contribution is -0.111. The van der Waals surface area contributed by atoms with Crippen molar-refractivity contribution in [2.75, 3.05) is 67.6 Å². The predicted octanol–water partition coefficient (Wildman–Crippen LogP) is 4.89. The van der Waals surface area contributed by atoms with Crippen molar-refractivity contribution in [2.24, 2.45) is 0 Å². The van der Waals surface area contributed by atoms with E-state index in [1.54, 1.807) is 0 Å². The van der Waals surface area contributed by atoms with Gasteiger partial charge in [0.25, 0.3) is 5.91 Å².